The van der Waals surface area contributed by atoms with Crippen molar-refractivity contribution in [1.82, 2.24) is 14.9 Å². The minimum absolute atomic E-state index is 0.148. The first-order valence-electron chi connectivity index (χ1n) is 9.36. The number of nitrogens with zero attached hydrogens (tertiary/aromatic N) is 2. The SMILES string of the molecule is O=C(CCc1ccc(Cl)cc1Cl)N1CCC[C@H](c2nc3cc(Cl)ccc3[nH]2)C1. The number of fused-ring (bicyclic) bond motifs is 1. The maximum atomic E-state index is 12.8. The molecule has 2 aromatic carbocycles. The maximum absolute atomic E-state index is 12.8. The number of nitrogens with one attached hydrogen (secondary N) is 1. The number of rotatable bonds is 4. The second-order valence-corrected chi connectivity index (χ2v) is 8.48. The van der Waals surface area contributed by atoms with Crippen molar-refractivity contribution in [2.24, 2.45) is 0 Å². The number of carbonyl (C=O) groups excluding carboxylic acids is 1. The van der Waals surface area contributed by atoms with Gasteiger partial charge in [0.2, 0.25) is 5.91 Å². The summed E-state index contributed by atoms with van der Waals surface area (Å²) in [5, 5.41) is 1.88. The molecule has 4 nitrogen and oxygen atoms in total. The zero-order valence-electron chi connectivity index (χ0n) is 15.2. The summed E-state index contributed by atoms with van der Waals surface area (Å²) in [5.41, 5.74) is 2.78. The number of piperidine rings is 1. The number of likely N-dealkylation sites (tertiary alicyclic amines) is 1. The van der Waals surface area contributed by atoms with Crippen molar-refractivity contribution in [3.05, 3.63) is 62.9 Å². The van der Waals surface area contributed by atoms with E-state index in [0.717, 1.165) is 41.8 Å². The molecule has 1 atom stereocenters. The summed E-state index contributed by atoms with van der Waals surface area (Å²) in [5.74, 6) is 1.29. The topological polar surface area (TPSA) is 49.0 Å². The third-order valence-corrected chi connectivity index (χ3v) is 6.07. The average Bonchev–Trinajstić information content (AvgIpc) is 3.10. The maximum Gasteiger partial charge on any atom is 0.222 e. The van der Waals surface area contributed by atoms with E-state index in [1.165, 1.54) is 0 Å². The summed E-state index contributed by atoms with van der Waals surface area (Å²) in [6, 6.07) is 11.1. The van der Waals surface area contributed by atoms with E-state index in [-0.39, 0.29) is 11.8 Å². The molecule has 3 aromatic rings. The second kappa shape index (κ2) is 8.32. The third-order valence-electron chi connectivity index (χ3n) is 5.25. The van der Waals surface area contributed by atoms with Crippen molar-refractivity contribution in [2.45, 2.75) is 31.6 Å². The summed E-state index contributed by atoms with van der Waals surface area (Å²) in [4.78, 5) is 22.8. The minimum Gasteiger partial charge on any atom is -0.342 e. The molecule has 1 aromatic heterocycles. The number of aryl methyl sites for hydroxylation is 1. The number of halogens is 3. The molecule has 2 heterocycles. The number of imidazole rings is 1. The summed E-state index contributed by atoms with van der Waals surface area (Å²) in [6.45, 7) is 1.47. The van der Waals surface area contributed by atoms with Gasteiger partial charge >= 0.3 is 0 Å². The minimum atomic E-state index is 0.148. The van der Waals surface area contributed by atoms with Crippen LogP contribution in [-0.4, -0.2) is 33.9 Å². The quantitative estimate of drug-likeness (QED) is 0.556. The predicted octanol–water partition coefficient (Wildman–Crippen LogP) is 5.86. The van der Waals surface area contributed by atoms with Crippen LogP contribution in [0.5, 0.6) is 0 Å². The van der Waals surface area contributed by atoms with Crippen LogP contribution in [0.1, 0.15) is 36.6 Å². The van der Waals surface area contributed by atoms with Crippen molar-refractivity contribution in [1.29, 1.82) is 0 Å². The Labute approximate surface area is 178 Å². The van der Waals surface area contributed by atoms with Gasteiger partial charge in [0.1, 0.15) is 5.82 Å². The van der Waals surface area contributed by atoms with Crippen LogP contribution >= 0.6 is 34.8 Å². The second-order valence-electron chi connectivity index (χ2n) is 7.20. The summed E-state index contributed by atoms with van der Waals surface area (Å²) in [6.07, 6.45) is 3.03. The summed E-state index contributed by atoms with van der Waals surface area (Å²) < 4.78 is 0. The van der Waals surface area contributed by atoms with Gasteiger partial charge in [0.15, 0.2) is 0 Å². The first-order valence-corrected chi connectivity index (χ1v) is 10.5. The molecule has 0 radical (unpaired) electrons. The van der Waals surface area contributed by atoms with Gasteiger partial charge in [-0.2, -0.15) is 0 Å². The molecule has 0 bridgehead atoms. The summed E-state index contributed by atoms with van der Waals surface area (Å²) in [7, 11) is 0. The lowest BCUT2D eigenvalue weighted by atomic mass is 9.96. The van der Waals surface area contributed by atoms with Crippen molar-refractivity contribution in [3.8, 4) is 0 Å². The molecule has 7 heteroatoms. The Kier molecular flexibility index (Phi) is 5.81. The molecule has 4 rings (SSSR count). The fraction of sp³-hybridized carbons (Fsp3) is 0.333. The lowest BCUT2D eigenvalue weighted by molar-refractivity contribution is -0.132. The van der Waals surface area contributed by atoms with E-state index < -0.39 is 0 Å². The monoisotopic (exact) mass is 435 g/mol. The van der Waals surface area contributed by atoms with Crippen LogP contribution in [-0.2, 0) is 11.2 Å². The molecule has 1 amide bonds. The third kappa shape index (κ3) is 4.29. The molecular weight excluding hydrogens is 417 g/mol. The number of H-pyrrole nitrogens is 1. The van der Waals surface area contributed by atoms with Gasteiger partial charge in [0.25, 0.3) is 0 Å². The number of aromatic nitrogens is 2. The van der Waals surface area contributed by atoms with Gasteiger partial charge in [-0.05, 0) is 55.2 Å². The number of carbonyl (C=O) groups is 1. The molecule has 1 fully saturated rings. The number of amides is 1. The molecule has 1 saturated heterocycles. The number of benzene rings is 2. The van der Waals surface area contributed by atoms with Crippen LogP contribution in [0.15, 0.2) is 36.4 Å². The molecule has 1 aliphatic rings. The molecule has 0 saturated carbocycles. The van der Waals surface area contributed by atoms with Crippen molar-refractivity contribution >= 4 is 51.7 Å². The highest BCUT2D eigenvalue weighted by Crippen LogP contribution is 2.28. The highest BCUT2D eigenvalue weighted by atomic mass is 35.5. The number of hydrogen-bond donors (Lipinski definition) is 1. The molecule has 146 valence electrons. The van der Waals surface area contributed by atoms with Gasteiger partial charge in [0.05, 0.1) is 11.0 Å². The van der Waals surface area contributed by atoms with Crippen molar-refractivity contribution in [3.63, 3.8) is 0 Å². The van der Waals surface area contributed by atoms with Crippen LogP contribution in [0.25, 0.3) is 11.0 Å². The fourth-order valence-electron chi connectivity index (χ4n) is 3.74. The van der Waals surface area contributed by atoms with Gasteiger partial charge in [-0.25, -0.2) is 4.98 Å². The Balaban J connectivity index is 1.41. The fourth-order valence-corrected chi connectivity index (χ4v) is 4.41. The molecule has 0 aliphatic carbocycles. The van der Waals surface area contributed by atoms with Crippen LogP contribution in [0.3, 0.4) is 0 Å². The first kappa shape index (κ1) is 19.6. The predicted molar refractivity (Wildman–Crippen MR) is 114 cm³/mol. The largest absolute Gasteiger partial charge is 0.342 e. The molecule has 28 heavy (non-hydrogen) atoms. The Hall–Kier alpha value is -1.75. The Morgan fingerprint density at radius 1 is 1.14 bits per heavy atom. The standard InChI is InChI=1S/C21H20Cl3N3O/c22-15-5-3-13(17(24)10-15)4-8-20(28)27-9-1-2-14(12-27)21-25-18-7-6-16(23)11-19(18)26-21/h3,5-7,10-11,14H,1-2,4,8-9,12H2,(H,25,26)/t14-/m0/s1. The number of hydrogen-bond acceptors (Lipinski definition) is 2. The zero-order valence-corrected chi connectivity index (χ0v) is 17.5. The van der Waals surface area contributed by atoms with Crippen LogP contribution in [0.2, 0.25) is 15.1 Å². The molecule has 0 unspecified atom stereocenters. The molecule has 0 spiro atoms. The first-order chi connectivity index (χ1) is 13.5. The van der Waals surface area contributed by atoms with Gasteiger partial charge in [0, 0.05) is 40.5 Å². The van der Waals surface area contributed by atoms with Gasteiger partial charge < -0.3 is 9.88 Å². The lowest BCUT2D eigenvalue weighted by Crippen LogP contribution is -2.39. The van der Waals surface area contributed by atoms with E-state index in [0.29, 0.717) is 34.5 Å². The van der Waals surface area contributed by atoms with Gasteiger partial charge in [-0.15, -0.1) is 0 Å². The van der Waals surface area contributed by atoms with Crippen molar-refractivity contribution in [2.75, 3.05) is 13.1 Å². The van der Waals surface area contributed by atoms with E-state index in [9.17, 15) is 4.79 Å². The molecular formula is C21H20Cl3N3O. The van der Waals surface area contributed by atoms with Crippen molar-refractivity contribution < 1.29 is 4.79 Å². The zero-order chi connectivity index (χ0) is 19.7. The molecule has 1 N–H and O–H groups in total. The smallest absolute Gasteiger partial charge is 0.222 e. The van der Waals surface area contributed by atoms with Crippen LogP contribution < -0.4 is 0 Å². The average molecular weight is 437 g/mol. The highest BCUT2D eigenvalue weighted by molar-refractivity contribution is 6.35. The van der Waals surface area contributed by atoms with Gasteiger partial charge in [-0.1, -0.05) is 40.9 Å². The summed E-state index contributed by atoms with van der Waals surface area (Å²) >= 11 is 18.2. The van der Waals surface area contributed by atoms with Crippen LogP contribution in [0, 0.1) is 0 Å². The Bertz CT molecular complexity index is 1020. The Morgan fingerprint density at radius 3 is 2.75 bits per heavy atom. The normalized spacial score (nSPS) is 17.2. The van der Waals surface area contributed by atoms with E-state index in [2.05, 4.69) is 4.98 Å². The Morgan fingerprint density at radius 2 is 1.93 bits per heavy atom. The lowest BCUT2D eigenvalue weighted by Gasteiger charge is -2.32. The van der Waals surface area contributed by atoms with E-state index in [4.69, 9.17) is 39.8 Å². The van der Waals surface area contributed by atoms with E-state index >= 15 is 0 Å². The number of aromatic amines is 1. The van der Waals surface area contributed by atoms with E-state index in [1.54, 1.807) is 12.1 Å². The highest BCUT2D eigenvalue weighted by Gasteiger charge is 2.26. The van der Waals surface area contributed by atoms with Gasteiger partial charge in [-0.3, -0.25) is 4.79 Å². The van der Waals surface area contributed by atoms with Crippen LogP contribution in [0.4, 0.5) is 0 Å². The van der Waals surface area contributed by atoms with E-state index in [1.807, 2.05) is 29.2 Å². The molecule has 1 aliphatic heterocycles.